The zero-order valence-electron chi connectivity index (χ0n) is 22.3. The summed E-state index contributed by atoms with van der Waals surface area (Å²) in [6.45, 7) is 3.25. The van der Waals surface area contributed by atoms with Gasteiger partial charge in [-0.2, -0.15) is 4.98 Å². The minimum Gasteiger partial charge on any atom is -0.383 e. The molecule has 0 unspecified atom stereocenters. The molecule has 2 aromatic rings. The van der Waals surface area contributed by atoms with E-state index in [1.165, 1.54) is 75.3 Å². The van der Waals surface area contributed by atoms with Gasteiger partial charge in [0.2, 0.25) is 5.95 Å². The van der Waals surface area contributed by atoms with Crippen LogP contribution in [0.1, 0.15) is 75.3 Å². The summed E-state index contributed by atoms with van der Waals surface area (Å²) in [5.74, 6) is 2.31. The molecular formula is C29H45ClN4O2. The molecule has 36 heavy (non-hydrogen) atoms. The Hall–Kier alpha value is -1.89. The minimum absolute atomic E-state index is 0.413. The van der Waals surface area contributed by atoms with Gasteiger partial charge in [0.05, 0.1) is 13.2 Å². The van der Waals surface area contributed by atoms with Crippen LogP contribution in [0, 0.1) is 5.92 Å². The van der Waals surface area contributed by atoms with Crippen LogP contribution >= 0.6 is 11.6 Å². The molecule has 7 heteroatoms. The van der Waals surface area contributed by atoms with Gasteiger partial charge in [0.25, 0.3) is 0 Å². The van der Waals surface area contributed by atoms with E-state index in [0.717, 1.165) is 18.2 Å². The minimum atomic E-state index is 0.413. The third kappa shape index (κ3) is 10.6. The second kappa shape index (κ2) is 16.8. The molecule has 3 rings (SSSR count). The van der Waals surface area contributed by atoms with Crippen molar-refractivity contribution in [1.29, 1.82) is 0 Å². The molecule has 1 saturated carbocycles. The number of hydrogen-bond acceptors (Lipinski definition) is 6. The van der Waals surface area contributed by atoms with Crippen LogP contribution in [-0.2, 0) is 22.4 Å². The van der Waals surface area contributed by atoms with Gasteiger partial charge in [-0.15, -0.1) is 0 Å². The number of halogens is 1. The number of ether oxygens (including phenoxy) is 2. The third-order valence-corrected chi connectivity index (χ3v) is 7.36. The van der Waals surface area contributed by atoms with Gasteiger partial charge in [0, 0.05) is 39.9 Å². The summed E-state index contributed by atoms with van der Waals surface area (Å²) in [5.41, 5.74) is 2.62. The smallest absolute Gasteiger partial charge is 0.226 e. The van der Waals surface area contributed by atoms with Crippen molar-refractivity contribution in [2.75, 3.05) is 50.7 Å². The van der Waals surface area contributed by atoms with Crippen LogP contribution in [0.25, 0.3) is 0 Å². The summed E-state index contributed by atoms with van der Waals surface area (Å²) >= 11 is 6.30. The first-order valence-corrected chi connectivity index (χ1v) is 14.1. The number of hydrogen-bond donors (Lipinski definition) is 1. The number of aryl methyl sites for hydroxylation is 1. The Morgan fingerprint density at radius 3 is 2.25 bits per heavy atom. The number of nitrogens with one attached hydrogen (secondary N) is 1. The quantitative estimate of drug-likeness (QED) is 0.182. The lowest BCUT2D eigenvalue weighted by Gasteiger charge is -2.23. The zero-order chi connectivity index (χ0) is 25.4. The van der Waals surface area contributed by atoms with Crippen LogP contribution in [0.5, 0.6) is 0 Å². The van der Waals surface area contributed by atoms with Crippen molar-refractivity contribution in [3.05, 3.63) is 46.6 Å². The van der Waals surface area contributed by atoms with E-state index in [4.69, 9.17) is 21.1 Å². The van der Waals surface area contributed by atoms with Gasteiger partial charge in [-0.05, 0) is 29.9 Å². The van der Waals surface area contributed by atoms with E-state index in [2.05, 4.69) is 44.5 Å². The fraction of sp³-hybridized carbons (Fsp3) is 0.655. The molecule has 1 heterocycles. The van der Waals surface area contributed by atoms with Crippen LogP contribution in [0.3, 0.4) is 0 Å². The highest BCUT2D eigenvalue weighted by molar-refractivity contribution is 6.29. The van der Waals surface area contributed by atoms with Gasteiger partial charge in [-0.3, -0.25) is 0 Å². The van der Waals surface area contributed by atoms with Crippen molar-refractivity contribution in [1.82, 2.24) is 9.97 Å². The Balaban J connectivity index is 1.40. The van der Waals surface area contributed by atoms with Crippen molar-refractivity contribution >= 4 is 23.4 Å². The molecule has 1 aromatic heterocycles. The summed E-state index contributed by atoms with van der Waals surface area (Å²) in [6, 6.07) is 10.7. The lowest BCUT2D eigenvalue weighted by Crippen LogP contribution is -2.31. The molecular weight excluding hydrogens is 472 g/mol. The Morgan fingerprint density at radius 1 is 0.889 bits per heavy atom. The maximum Gasteiger partial charge on any atom is 0.226 e. The zero-order valence-corrected chi connectivity index (χ0v) is 23.1. The van der Waals surface area contributed by atoms with Crippen molar-refractivity contribution in [2.24, 2.45) is 5.92 Å². The van der Waals surface area contributed by atoms with Gasteiger partial charge < -0.3 is 19.7 Å². The van der Waals surface area contributed by atoms with Gasteiger partial charge in [0.1, 0.15) is 11.0 Å². The second-order valence-electron chi connectivity index (χ2n) is 9.97. The Kier molecular flexibility index (Phi) is 13.4. The predicted molar refractivity (Wildman–Crippen MR) is 150 cm³/mol. The Labute approximate surface area is 223 Å². The van der Waals surface area contributed by atoms with Crippen molar-refractivity contribution in [2.45, 2.75) is 77.2 Å². The average Bonchev–Trinajstić information content (AvgIpc) is 2.90. The third-order valence-electron chi connectivity index (χ3n) is 7.16. The highest BCUT2D eigenvalue weighted by Crippen LogP contribution is 2.28. The number of nitrogens with zero attached hydrogens (tertiary/aromatic N) is 3. The second-order valence-corrected chi connectivity index (χ2v) is 10.4. The van der Waals surface area contributed by atoms with Gasteiger partial charge in [-0.25, -0.2) is 4.98 Å². The van der Waals surface area contributed by atoms with Crippen LogP contribution in [0.2, 0.25) is 5.15 Å². The van der Waals surface area contributed by atoms with E-state index >= 15 is 0 Å². The number of methoxy groups -OCH3 is 2. The fourth-order valence-electron chi connectivity index (χ4n) is 4.99. The molecule has 6 nitrogen and oxygen atoms in total. The summed E-state index contributed by atoms with van der Waals surface area (Å²) in [7, 11) is 3.39. The van der Waals surface area contributed by atoms with E-state index in [9.17, 15) is 0 Å². The largest absolute Gasteiger partial charge is 0.383 e. The van der Waals surface area contributed by atoms with E-state index in [-0.39, 0.29) is 0 Å². The Bertz CT molecular complexity index is 851. The molecule has 0 spiro atoms. The van der Waals surface area contributed by atoms with E-state index < -0.39 is 0 Å². The number of benzene rings is 1. The molecule has 0 saturated heterocycles. The molecule has 0 radical (unpaired) electrons. The van der Waals surface area contributed by atoms with E-state index in [1.807, 2.05) is 0 Å². The van der Waals surface area contributed by atoms with E-state index in [0.29, 0.717) is 43.9 Å². The van der Waals surface area contributed by atoms with Crippen molar-refractivity contribution in [3.8, 4) is 0 Å². The summed E-state index contributed by atoms with van der Waals surface area (Å²) in [4.78, 5) is 11.1. The van der Waals surface area contributed by atoms with Gasteiger partial charge >= 0.3 is 0 Å². The number of anilines is 2. The number of rotatable bonds is 17. The highest BCUT2D eigenvalue weighted by atomic mass is 35.5. The molecule has 1 fully saturated rings. The lowest BCUT2D eigenvalue weighted by molar-refractivity contribution is 0.190. The number of unbranched alkanes of at least 4 members (excludes halogenated alkanes) is 3. The molecule has 0 aliphatic heterocycles. The first-order valence-electron chi connectivity index (χ1n) is 13.8. The van der Waals surface area contributed by atoms with Gasteiger partial charge in [0.15, 0.2) is 0 Å². The van der Waals surface area contributed by atoms with Crippen LogP contribution < -0.4 is 10.2 Å². The number of aromatic nitrogens is 2. The maximum absolute atomic E-state index is 6.30. The SMILES string of the molecule is COCCN(CCOC)c1cc(Cl)nc(NCc2ccc(CCCCCCC3CCCCC3)cc2)n1. The maximum atomic E-state index is 6.30. The van der Waals surface area contributed by atoms with Crippen LogP contribution in [0.15, 0.2) is 30.3 Å². The monoisotopic (exact) mass is 516 g/mol. The molecule has 1 N–H and O–H groups in total. The van der Waals surface area contributed by atoms with Crippen LogP contribution in [-0.4, -0.2) is 50.5 Å². The van der Waals surface area contributed by atoms with Crippen LogP contribution in [0.4, 0.5) is 11.8 Å². The molecule has 1 aromatic carbocycles. The standard InChI is InChI=1S/C29H45ClN4O2/c1-35-20-18-34(19-21-36-2)28-22-27(30)32-29(33-28)31-23-26-16-14-25(15-17-26)13-7-4-3-6-10-24-11-8-5-9-12-24/h14-17,22,24H,3-13,18-21,23H2,1-2H3,(H,31,32,33). The highest BCUT2D eigenvalue weighted by Gasteiger charge is 2.13. The lowest BCUT2D eigenvalue weighted by atomic mass is 9.85. The summed E-state index contributed by atoms with van der Waals surface area (Å²) in [6.07, 6.45) is 15.4. The molecule has 0 amide bonds. The molecule has 0 atom stereocenters. The van der Waals surface area contributed by atoms with Gasteiger partial charge in [-0.1, -0.05) is 93.7 Å². The first kappa shape index (κ1) is 28.7. The first-order chi connectivity index (χ1) is 17.7. The van der Waals surface area contributed by atoms with E-state index in [1.54, 1.807) is 20.3 Å². The fourth-order valence-corrected chi connectivity index (χ4v) is 5.16. The average molecular weight is 517 g/mol. The molecule has 0 bridgehead atoms. The van der Waals surface area contributed by atoms with Crippen molar-refractivity contribution in [3.63, 3.8) is 0 Å². The molecule has 1 aliphatic carbocycles. The Morgan fingerprint density at radius 2 is 1.56 bits per heavy atom. The predicted octanol–water partition coefficient (Wildman–Crippen LogP) is 6.91. The molecule has 1 aliphatic rings. The topological polar surface area (TPSA) is 59.5 Å². The summed E-state index contributed by atoms with van der Waals surface area (Å²) < 4.78 is 10.5. The van der Waals surface area contributed by atoms with Crippen molar-refractivity contribution < 1.29 is 9.47 Å². The normalized spacial score (nSPS) is 14.2. The summed E-state index contributed by atoms with van der Waals surface area (Å²) in [5, 5.41) is 3.74. The molecule has 200 valence electrons.